The van der Waals surface area contributed by atoms with Gasteiger partial charge in [-0.1, -0.05) is 24.3 Å². The molecule has 1 saturated heterocycles. The van der Waals surface area contributed by atoms with Crippen molar-refractivity contribution in [2.75, 3.05) is 6.26 Å². The second kappa shape index (κ2) is 6.04. The van der Waals surface area contributed by atoms with Crippen molar-refractivity contribution in [3.63, 3.8) is 0 Å². The van der Waals surface area contributed by atoms with Gasteiger partial charge in [-0.15, -0.1) is 11.8 Å². The number of hydrogen-bond donors (Lipinski definition) is 0. The summed E-state index contributed by atoms with van der Waals surface area (Å²) in [6.45, 7) is 0. The van der Waals surface area contributed by atoms with Gasteiger partial charge in [-0.3, -0.25) is 4.79 Å². The molecule has 2 aliphatic heterocycles. The minimum absolute atomic E-state index is 0.329. The zero-order valence-electron chi connectivity index (χ0n) is 11.9. The first kappa shape index (κ1) is 13.7. The lowest BCUT2D eigenvalue weighted by molar-refractivity contribution is -0.133. The highest BCUT2D eigenvalue weighted by molar-refractivity contribution is 7.98. The van der Waals surface area contributed by atoms with E-state index >= 15 is 0 Å². The lowest BCUT2D eigenvalue weighted by Crippen LogP contribution is -2.42. The van der Waals surface area contributed by atoms with Crippen LogP contribution in [-0.2, 0) is 11.2 Å². The summed E-state index contributed by atoms with van der Waals surface area (Å²) in [6.07, 6.45) is 11.4. The van der Waals surface area contributed by atoms with Crippen molar-refractivity contribution in [2.24, 2.45) is 0 Å². The molecule has 0 N–H and O–H groups in total. The van der Waals surface area contributed by atoms with Crippen LogP contribution in [0.3, 0.4) is 0 Å². The average Bonchev–Trinajstić information content (AvgIpc) is 2.75. The van der Waals surface area contributed by atoms with E-state index < -0.39 is 0 Å². The molecule has 106 valence electrons. The molecule has 0 saturated carbocycles. The molecule has 0 aliphatic carbocycles. The molecular formula is C17H21NOS. The molecule has 2 bridgehead atoms. The number of nitrogens with zero attached hydrogens (tertiary/aromatic N) is 1. The fourth-order valence-corrected chi connectivity index (χ4v) is 3.69. The van der Waals surface area contributed by atoms with Gasteiger partial charge in [-0.05, 0) is 49.6 Å². The molecular weight excluding hydrogens is 266 g/mol. The predicted molar refractivity (Wildman–Crippen MR) is 84.0 cm³/mol. The summed E-state index contributed by atoms with van der Waals surface area (Å²) in [7, 11) is 0. The Morgan fingerprint density at radius 3 is 2.80 bits per heavy atom. The van der Waals surface area contributed by atoms with Crippen molar-refractivity contribution >= 4 is 17.7 Å². The van der Waals surface area contributed by atoms with E-state index in [2.05, 4.69) is 47.6 Å². The van der Waals surface area contributed by atoms with Gasteiger partial charge in [0.1, 0.15) is 0 Å². The Bertz CT molecular complexity index is 508. The van der Waals surface area contributed by atoms with Crippen molar-refractivity contribution in [2.45, 2.75) is 49.1 Å². The number of carbonyl (C=O) groups excluding carboxylic acids is 1. The number of hydrogen-bond acceptors (Lipinski definition) is 2. The topological polar surface area (TPSA) is 20.3 Å². The lowest BCUT2D eigenvalue weighted by atomic mass is 10.1. The molecule has 3 rings (SSSR count). The van der Waals surface area contributed by atoms with Gasteiger partial charge >= 0.3 is 0 Å². The molecule has 2 aliphatic rings. The number of aryl methyl sites for hydroxylation is 1. The number of thioether (sulfide) groups is 1. The van der Waals surface area contributed by atoms with Crippen LogP contribution < -0.4 is 0 Å². The third-order valence-corrected chi connectivity index (χ3v) is 5.13. The van der Waals surface area contributed by atoms with E-state index in [1.807, 2.05) is 0 Å². The normalized spacial score (nSPS) is 24.1. The van der Waals surface area contributed by atoms with E-state index in [0.29, 0.717) is 24.4 Å². The standard InChI is InChI=1S/C17H21NOS/c1-20-16-10-5-13(6-11-16)7-12-17(19)18-14-3-2-4-15(18)9-8-14/h2-3,5-6,10-11,14-15H,4,7-9,12H2,1H3/t14-,15-/m0/s1. The molecule has 0 spiro atoms. The quantitative estimate of drug-likeness (QED) is 0.622. The van der Waals surface area contributed by atoms with Gasteiger partial charge in [0.25, 0.3) is 0 Å². The van der Waals surface area contributed by atoms with Crippen LogP contribution in [0.25, 0.3) is 0 Å². The second-order valence-electron chi connectivity index (χ2n) is 5.61. The minimum atomic E-state index is 0.329. The maximum atomic E-state index is 12.4. The first-order chi connectivity index (χ1) is 9.78. The molecule has 1 amide bonds. The van der Waals surface area contributed by atoms with Crippen LogP contribution >= 0.6 is 11.8 Å². The summed E-state index contributed by atoms with van der Waals surface area (Å²) >= 11 is 1.75. The van der Waals surface area contributed by atoms with Crippen molar-refractivity contribution in [1.82, 2.24) is 4.90 Å². The largest absolute Gasteiger partial charge is 0.333 e. The Labute approximate surface area is 125 Å². The minimum Gasteiger partial charge on any atom is -0.333 e. The molecule has 2 atom stereocenters. The second-order valence-corrected chi connectivity index (χ2v) is 6.49. The Hall–Kier alpha value is -1.22. The van der Waals surface area contributed by atoms with E-state index in [4.69, 9.17) is 0 Å². The highest BCUT2D eigenvalue weighted by Gasteiger charge is 2.36. The fourth-order valence-electron chi connectivity index (χ4n) is 3.29. The molecule has 0 unspecified atom stereocenters. The highest BCUT2D eigenvalue weighted by atomic mass is 32.2. The van der Waals surface area contributed by atoms with E-state index in [-0.39, 0.29) is 0 Å². The number of carbonyl (C=O) groups is 1. The van der Waals surface area contributed by atoms with Crippen molar-refractivity contribution in [1.29, 1.82) is 0 Å². The fraction of sp³-hybridized carbons (Fsp3) is 0.471. The summed E-state index contributed by atoms with van der Waals surface area (Å²) in [4.78, 5) is 15.9. The van der Waals surface area contributed by atoms with Crippen LogP contribution in [0.4, 0.5) is 0 Å². The van der Waals surface area contributed by atoms with Gasteiger partial charge < -0.3 is 4.90 Å². The van der Waals surface area contributed by atoms with Gasteiger partial charge in [0.05, 0.1) is 6.04 Å². The van der Waals surface area contributed by atoms with Crippen LogP contribution in [0, 0.1) is 0 Å². The Morgan fingerprint density at radius 1 is 1.30 bits per heavy atom. The molecule has 0 aromatic heterocycles. The average molecular weight is 287 g/mol. The number of benzene rings is 1. The van der Waals surface area contributed by atoms with Crippen LogP contribution in [0.15, 0.2) is 41.3 Å². The van der Waals surface area contributed by atoms with E-state index in [0.717, 1.165) is 19.3 Å². The zero-order valence-corrected chi connectivity index (χ0v) is 12.7. The smallest absolute Gasteiger partial charge is 0.223 e. The third-order valence-electron chi connectivity index (χ3n) is 4.39. The summed E-state index contributed by atoms with van der Waals surface area (Å²) in [6, 6.07) is 9.40. The molecule has 1 aromatic carbocycles. The summed E-state index contributed by atoms with van der Waals surface area (Å²) in [5.41, 5.74) is 1.26. The van der Waals surface area contributed by atoms with Gasteiger partial charge in [-0.2, -0.15) is 0 Å². The molecule has 0 radical (unpaired) electrons. The molecule has 20 heavy (non-hydrogen) atoms. The van der Waals surface area contributed by atoms with Crippen molar-refractivity contribution < 1.29 is 4.79 Å². The maximum Gasteiger partial charge on any atom is 0.223 e. The van der Waals surface area contributed by atoms with Crippen molar-refractivity contribution in [3.8, 4) is 0 Å². The SMILES string of the molecule is CSc1ccc(CCC(=O)N2[C@H]3CC=C[C@H]2CC3)cc1. The van der Waals surface area contributed by atoms with Crippen LogP contribution in [-0.4, -0.2) is 29.1 Å². The van der Waals surface area contributed by atoms with Gasteiger partial charge in [-0.25, -0.2) is 0 Å². The van der Waals surface area contributed by atoms with Gasteiger partial charge in [0.15, 0.2) is 0 Å². The summed E-state index contributed by atoms with van der Waals surface area (Å²) in [5.74, 6) is 0.329. The van der Waals surface area contributed by atoms with Gasteiger partial charge in [0, 0.05) is 17.4 Å². The van der Waals surface area contributed by atoms with Crippen molar-refractivity contribution in [3.05, 3.63) is 42.0 Å². The number of amides is 1. The zero-order chi connectivity index (χ0) is 13.9. The Morgan fingerprint density at radius 2 is 2.10 bits per heavy atom. The Kier molecular flexibility index (Phi) is 4.16. The third kappa shape index (κ3) is 2.78. The molecule has 1 aromatic rings. The van der Waals surface area contributed by atoms with E-state index in [1.165, 1.54) is 16.9 Å². The maximum absolute atomic E-state index is 12.4. The first-order valence-electron chi connectivity index (χ1n) is 7.38. The number of fused-ring (bicyclic) bond motifs is 2. The van der Waals surface area contributed by atoms with Gasteiger partial charge in [0.2, 0.25) is 5.91 Å². The highest BCUT2D eigenvalue weighted by Crippen LogP contribution is 2.32. The van der Waals surface area contributed by atoms with E-state index in [9.17, 15) is 4.79 Å². The monoisotopic (exact) mass is 287 g/mol. The van der Waals surface area contributed by atoms with E-state index in [1.54, 1.807) is 11.8 Å². The summed E-state index contributed by atoms with van der Waals surface area (Å²) < 4.78 is 0. The predicted octanol–water partition coefficient (Wildman–Crippen LogP) is 3.66. The number of rotatable bonds is 4. The Balaban J connectivity index is 1.58. The van der Waals surface area contributed by atoms with Crippen LogP contribution in [0.5, 0.6) is 0 Å². The molecule has 3 heteroatoms. The van der Waals surface area contributed by atoms with Crippen LogP contribution in [0.2, 0.25) is 0 Å². The lowest BCUT2D eigenvalue weighted by Gasteiger charge is -2.31. The van der Waals surface area contributed by atoms with Crippen LogP contribution in [0.1, 0.15) is 31.2 Å². The summed E-state index contributed by atoms with van der Waals surface area (Å²) in [5, 5.41) is 0. The molecule has 1 fully saturated rings. The first-order valence-corrected chi connectivity index (χ1v) is 8.61. The molecule has 2 nitrogen and oxygen atoms in total. The molecule has 2 heterocycles.